The van der Waals surface area contributed by atoms with Gasteiger partial charge in [0, 0.05) is 19.3 Å². The van der Waals surface area contributed by atoms with Crippen LogP contribution in [-0.4, -0.2) is 37.2 Å². The summed E-state index contributed by atoms with van der Waals surface area (Å²) in [7, 11) is 0. The molecule has 0 saturated heterocycles. The average Bonchev–Trinajstić information content (AvgIpc) is 3.23. The Morgan fingerprint density at radius 2 is 0.661 bits per heavy atom. The molecule has 1 unspecified atom stereocenters. The van der Waals surface area contributed by atoms with E-state index in [9.17, 15) is 14.4 Å². The standard InChI is InChI=1S/C53H96O6/c1-4-7-10-13-16-19-21-23-24-25-26-27-28-30-31-34-37-40-43-46-52(55)58-49-50(48-57-51(54)45-42-39-36-33-18-15-12-9-6-3)59-53(56)47-44-41-38-35-32-29-22-20-17-14-11-8-5-2/h9,12,18,29,32-33,50H,4-8,10-11,13-17,19-28,30-31,34-49H2,1-3H3/b12-9-,32-29-,33-18-. The highest BCUT2D eigenvalue weighted by atomic mass is 16.6. The zero-order chi connectivity index (χ0) is 43.0. The predicted octanol–water partition coefficient (Wildman–Crippen LogP) is 16.5. The number of unbranched alkanes of at least 4 members (excludes halogenated alkanes) is 29. The van der Waals surface area contributed by atoms with Gasteiger partial charge in [-0.1, -0.05) is 211 Å². The first-order chi connectivity index (χ1) is 29.0. The van der Waals surface area contributed by atoms with Crippen LogP contribution < -0.4 is 0 Å². The highest BCUT2D eigenvalue weighted by molar-refractivity contribution is 5.71. The fourth-order valence-corrected chi connectivity index (χ4v) is 7.30. The molecule has 0 aliphatic carbocycles. The topological polar surface area (TPSA) is 78.9 Å². The number of esters is 3. The molecule has 0 rings (SSSR count). The van der Waals surface area contributed by atoms with Crippen LogP contribution in [-0.2, 0) is 28.6 Å². The molecule has 59 heavy (non-hydrogen) atoms. The highest BCUT2D eigenvalue weighted by Crippen LogP contribution is 2.16. The Balaban J connectivity index is 4.28. The van der Waals surface area contributed by atoms with Crippen molar-refractivity contribution in [1.82, 2.24) is 0 Å². The van der Waals surface area contributed by atoms with Gasteiger partial charge in [-0.15, -0.1) is 0 Å². The van der Waals surface area contributed by atoms with Gasteiger partial charge in [-0.05, 0) is 70.6 Å². The third kappa shape index (κ3) is 46.5. The summed E-state index contributed by atoms with van der Waals surface area (Å²) >= 11 is 0. The minimum absolute atomic E-state index is 0.0857. The fourth-order valence-electron chi connectivity index (χ4n) is 7.30. The van der Waals surface area contributed by atoms with E-state index in [0.29, 0.717) is 19.3 Å². The zero-order valence-corrected chi connectivity index (χ0v) is 39.3. The lowest BCUT2D eigenvalue weighted by Gasteiger charge is -2.18. The molecule has 6 nitrogen and oxygen atoms in total. The van der Waals surface area contributed by atoms with Gasteiger partial charge in [0.2, 0.25) is 0 Å². The Kier molecular flexibility index (Phi) is 46.4. The van der Waals surface area contributed by atoms with Gasteiger partial charge in [-0.25, -0.2) is 0 Å². The maximum atomic E-state index is 12.7. The van der Waals surface area contributed by atoms with E-state index in [2.05, 4.69) is 57.2 Å². The molecule has 0 amide bonds. The van der Waals surface area contributed by atoms with Crippen molar-refractivity contribution in [3.63, 3.8) is 0 Å². The lowest BCUT2D eigenvalue weighted by atomic mass is 10.0. The first-order valence-electron chi connectivity index (χ1n) is 25.5. The number of carbonyl (C=O) groups is 3. The minimum atomic E-state index is -0.787. The molecule has 1 atom stereocenters. The second-order valence-electron chi connectivity index (χ2n) is 17.1. The van der Waals surface area contributed by atoms with Gasteiger partial charge >= 0.3 is 17.9 Å². The summed E-state index contributed by atoms with van der Waals surface area (Å²) in [5.41, 5.74) is 0. The normalized spacial score (nSPS) is 12.3. The fraction of sp³-hybridized carbons (Fsp3) is 0.830. The molecule has 344 valence electrons. The molecule has 0 aromatic rings. The Bertz CT molecular complexity index is 1000. The molecule has 0 spiro atoms. The molecule has 0 radical (unpaired) electrons. The summed E-state index contributed by atoms with van der Waals surface area (Å²) in [6.45, 7) is 6.48. The Morgan fingerprint density at radius 3 is 1.08 bits per heavy atom. The molecule has 0 fully saturated rings. The third-order valence-corrected chi connectivity index (χ3v) is 11.1. The summed E-state index contributed by atoms with van der Waals surface area (Å²) < 4.78 is 16.7. The number of hydrogen-bond donors (Lipinski definition) is 0. The maximum Gasteiger partial charge on any atom is 0.306 e. The molecular weight excluding hydrogens is 733 g/mol. The molecule has 0 aliphatic rings. The summed E-state index contributed by atoms with van der Waals surface area (Å²) in [4.78, 5) is 37.8. The van der Waals surface area contributed by atoms with E-state index < -0.39 is 6.10 Å². The number of carbonyl (C=O) groups excluding carboxylic acids is 3. The summed E-state index contributed by atoms with van der Waals surface area (Å²) in [6, 6.07) is 0. The Labute approximate surface area is 365 Å². The number of hydrogen-bond acceptors (Lipinski definition) is 6. The minimum Gasteiger partial charge on any atom is -0.462 e. The molecule has 0 N–H and O–H groups in total. The zero-order valence-electron chi connectivity index (χ0n) is 39.3. The van der Waals surface area contributed by atoms with Crippen molar-refractivity contribution in [3.05, 3.63) is 36.5 Å². The summed E-state index contributed by atoms with van der Waals surface area (Å²) in [5.74, 6) is -0.932. The SMILES string of the molecule is CC/C=C\C/C=C\CCCCC(=O)OCC(COC(=O)CCCCCCCCCCCCCCCCCCCCC)OC(=O)CCCCC/C=C\CCCCCCCC. The monoisotopic (exact) mass is 829 g/mol. The van der Waals surface area contributed by atoms with Gasteiger partial charge in [0.15, 0.2) is 6.10 Å². The van der Waals surface area contributed by atoms with Crippen LogP contribution in [0.25, 0.3) is 0 Å². The van der Waals surface area contributed by atoms with Crippen molar-refractivity contribution in [2.45, 2.75) is 271 Å². The van der Waals surface area contributed by atoms with Crippen LogP contribution in [0, 0.1) is 0 Å². The van der Waals surface area contributed by atoms with Crippen LogP contribution in [0.15, 0.2) is 36.5 Å². The van der Waals surface area contributed by atoms with E-state index in [1.165, 1.54) is 141 Å². The van der Waals surface area contributed by atoms with Gasteiger partial charge < -0.3 is 14.2 Å². The average molecular weight is 829 g/mol. The predicted molar refractivity (Wildman–Crippen MR) is 252 cm³/mol. The van der Waals surface area contributed by atoms with Crippen LogP contribution in [0.1, 0.15) is 265 Å². The van der Waals surface area contributed by atoms with Crippen LogP contribution >= 0.6 is 0 Å². The highest BCUT2D eigenvalue weighted by Gasteiger charge is 2.19. The first-order valence-corrected chi connectivity index (χ1v) is 25.5. The van der Waals surface area contributed by atoms with Gasteiger partial charge in [0.25, 0.3) is 0 Å². The third-order valence-electron chi connectivity index (χ3n) is 11.1. The van der Waals surface area contributed by atoms with Crippen molar-refractivity contribution in [2.75, 3.05) is 13.2 Å². The quantitative estimate of drug-likeness (QED) is 0.0263. The van der Waals surface area contributed by atoms with E-state index >= 15 is 0 Å². The lowest BCUT2D eigenvalue weighted by molar-refractivity contribution is -0.167. The molecule has 0 saturated carbocycles. The van der Waals surface area contributed by atoms with Crippen molar-refractivity contribution in [1.29, 1.82) is 0 Å². The van der Waals surface area contributed by atoms with Crippen LogP contribution in [0.5, 0.6) is 0 Å². The Hall–Kier alpha value is -2.37. The number of ether oxygens (including phenoxy) is 3. The second-order valence-corrected chi connectivity index (χ2v) is 17.1. The van der Waals surface area contributed by atoms with Crippen LogP contribution in [0.4, 0.5) is 0 Å². The van der Waals surface area contributed by atoms with E-state index in [0.717, 1.165) is 83.5 Å². The summed E-state index contributed by atoms with van der Waals surface area (Å²) in [5, 5.41) is 0. The van der Waals surface area contributed by atoms with Crippen molar-refractivity contribution in [3.8, 4) is 0 Å². The van der Waals surface area contributed by atoms with Crippen molar-refractivity contribution < 1.29 is 28.6 Å². The maximum absolute atomic E-state index is 12.7. The molecular formula is C53H96O6. The number of rotatable bonds is 46. The largest absolute Gasteiger partial charge is 0.462 e. The van der Waals surface area contributed by atoms with E-state index in [1.807, 2.05) is 0 Å². The molecule has 0 aliphatic heterocycles. The second kappa shape index (κ2) is 48.3. The van der Waals surface area contributed by atoms with Crippen LogP contribution in [0.3, 0.4) is 0 Å². The molecule has 0 heterocycles. The Morgan fingerprint density at radius 1 is 0.356 bits per heavy atom. The molecule has 0 aromatic heterocycles. The van der Waals surface area contributed by atoms with Crippen LogP contribution in [0.2, 0.25) is 0 Å². The van der Waals surface area contributed by atoms with Crippen molar-refractivity contribution in [2.24, 2.45) is 0 Å². The smallest absolute Gasteiger partial charge is 0.306 e. The first kappa shape index (κ1) is 56.6. The van der Waals surface area contributed by atoms with Gasteiger partial charge in [-0.3, -0.25) is 14.4 Å². The van der Waals surface area contributed by atoms with E-state index in [4.69, 9.17) is 14.2 Å². The van der Waals surface area contributed by atoms with Crippen molar-refractivity contribution >= 4 is 17.9 Å². The summed E-state index contributed by atoms with van der Waals surface area (Å²) in [6.07, 6.45) is 55.8. The molecule has 6 heteroatoms. The number of allylic oxidation sites excluding steroid dienone is 6. The van der Waals surface area contributed by atoms with Gasteiger partial charge in [0.05, 0.1) is 0 Å². The van der Waals surface area contributed by atoms with Gasteiger partial charge in [-0.2, -0.15) is 0 Å². The van der Waals surface area contributed by atoms with E-state index in [-0.39, 0.29) is 31.1 Å². The van der Waals surface area contributed by atoms with Gasteiger partial charge in [0.1, 0.15) is 13.2 Å². The van der Waals surface area contributed by atoms with E-state index in [1.54, 1.807) is 0 Å². The molecule has 0 aromatic carbocycles. The lowest BCUT2D eigenvalue weighted by Crippen LogP contribution is -2.30. The molecule has 0 bridgehead atoms.